The number of likely N-dealkylation sites (tertiary alicyclic amines) is 1. The second kappa shape index (κ2) is 5.18. The summed E-state index contributed by atoms with van der Waals surface area (Å²) >= 11 is 0. The van der Waals surface area contributed by atoms with Gasteiger partial charge in [-0.25, -0.2) is 0 Å². The lowest BCUT2D eigenvalue weighted by Gasteiger charge is -2.13. The minimum absolute atomic E-state index is 0.0956. The van der Waals surface area contributed by atoms with Crippen molar-refractivity contribution in [3.05, 3.63) is 30.1 Å². The number of carbonyl (C=O) groups excluding carboxylic acids is 1. The molecule has 0 aliphatic carbocycles. The summed E-state index contributed by atoms with van der Waals surface area (Å²) in [5.74, 6) is 0.648. The van der Waals surface area contributed by atoms with Crippen LogP contribution in [0.15, 0.2) is 24.4 Å². The van der Waals surface area contributed by atoms with E-state index in [0.29, 0.717) is 24.7 Å². The van der Waals surface area contributed by atoms with E-state index in [-0.39, 0.29) is 5.78 Å². The summed E-state index contributed by atoms with van der Waals surface area (Å²) in [4.78, 5) is 18.1. The predicted octanol–water partition coefficient (Wildman–Crippen LogP) is 0.545. The number of pyridine rings is 1. The van der Waals surface area contributed by atoms with Crippen molar-refractivity contribution in [1.29, 1.82) is 0 Å². The van der Waals surface area contributed by atoms with Crippen LogP contribution in [0.2, 0.25) is 0 Å². The van der Waals surface area contributed by atoms with Crippen LogP contribution in [0, 0.1) is 5.92 Å². The SMILES string of the molecule is NC[C@@H]1CCN(CC(=O)c2ccccn2)C1. The van der Waals surface area contributed by atoms with Gasteiger partial charge < -0.3 is 5.73 Å². The Bertz CT molecular complexity index is 353. The lowest BCUT2D eigenvalue weighted by atomic mass is 10.1. The van der Waals surface area contributed by atoms with Gasteiger partial charge in [-0.05, 0) is 37.6 Å². The van der Waals surface area contributed by atoms with E-state index in [1.165, 1.54) is 0 Å². The molecular formula is C12H17N3O. The molecule has 0 unspecified atom stereocenters. The molecule has 1 saturated heterocycles. The highest BCUT2D eigenvalue weighted by molar-refractivity contribution is 5.95. The first-order valence-corrected chi connectivity index (χ1v) is 5.66. The van der Waals surface area contributed by atoms with Gasteiger partial charge in [0.2, 0.25) is 0 Å². The van der Waals surface area contributed by atoms with Gasteiger partial charge in [0.25, 0.3) is 0 Å². The maximum atomic E-state index is 11.9. The van der Waals surface area contributed by atoms with Crippen molar-refractivity contribution in [3.63, 3.8) is 0 Å². The smallest absolute Gasteiger partial charge is 0.195 e. The van der Waals surface area contributed by atoms with Gasteiger partial charge in [0.15, 0.2) is 5.78 Å². The number of rotatable bonds is 4. The van der Waals surface area contributed by atoms with Gasteiger partial charge in [-0.1, -0.05) is 6.07 Å². The molecule has 2 N–H and O–H groups in total. The number of carbonyl (C=O) groups is 1. The van der Waals surface area contributed by atoms with E-state index >= 15 is 0 Å². The minimum atomic E-state index is 0.0956. The van der Waals surface area contributed by atoms with E-state index in [2.05, 4.69) is 9.88 Å². The molecule has 0 radical (unpaired) electrons. The van der Waals surface area contributed by atoms with E-state index < -0.39 is 0 Å². The number of ketones is 1. The van der Waals surface area contributed by atoms with Gasteiger partial charge in [0.05, 0.1) is 6.54 Å². The van der Waals surface area contributed by atoms with Crippen LogP contribution in [0.5, 0.6) is 0 Å². The molecule has 4 nitrogen and oxygen atoms in total. The molecule has 2 heterocycles. The first-order valence-electron chi connectivity index (χ1n) is 5.66. The van der Waals surface area contributed by atoms with Gasteiger partial charge in [-0.3, -0.25) is 14.7 Å². The Kier molecular flexibility index (Phi) is 3.64. The molecule has 1 aromatic rings. The maximum Gasteiger partial charge on any atom is 0.195 e. The minimum Gasteiger partial charge on any atom is -0.330 e. The molecule has 1 aliphatic heterocycles. The predicted molar refractivity (Wildman–Crippen MR) is 62.2 cm³/mol. The number of nitrogens with two attached hydrogens (primary N) is 1. The van der Waals surface area contributed by atoms with E-state index in [1.54, 1.807) is 12.3 Å². The van der Waals surface area contributed by atoms with Crippen molar-refractivity contribution in [2.24, 2.45) is 11.7 Å². The molecule has 0 spiro atoms. The van der Waals surface area contributed by atoms with Crippen molar-refractivity contribution in [1.82, 2.24) is 9.88 Å². The summed E-state index contributed by atoms with van der Waals surface area (Å²) < 4.78 is 0. The normalized spacial score (nSPS) is 21.2. The molecule has 0 saturated carbocycles. The third-order valence-electron chi connectivity index (χ3n) is 3.02. The van der Waals surface area contributed by atoms with Crippen LogP contribution in [-0.2, 0) is 0 Å². The zero-order valence-corrected chi connectivity index (χ0v) is 9.30. The molecule has 2 rings (SSSR count). The Balaban J connectivity index is 1.89. The number of hydrogen-bond donors (Lipinski definition) is 1. The maximum absolute atomic E-state index is 11.9. The van der Waals surface area contributed by atoms with Crippen LogP contribution < -0.4 is 5.73 Å². The second-order valence-corrected chi connectivity index (χ2v) is 4.26. The van der Waals surface area contributed by atoms with Crippen molar-refractivity contribution in [2.45, 2.75) is 6.42 Å². The number of aromatic nitrogens is 1. The second-order valence-electron chi connectivity index (χ2n) is 4.26. The van der Waals surface area contributed by atoms with Crippen LogP contribution in [0.25, 0.3) is 0 Å². The molecule has 16 heavy (non-hydrogen) atoms. The molecule has 0 aromatic carbocycles. The largest absolute Gasteiger partial charge is 0.330 e. The number of nitrogens with zero attached hydrogens (tertiary/aromatic N) is 2. The number of Topliss-reactive ketones (excluding diaryl/α,β-unsaturated/α-hetero) is 1. The van der Waals surface area contributed by atoms with Crippen LogP contribution in [-0.4, -0.2) is 41.8 Å². The van der Waals surface area contributed by atoms with Gasteiger partial charge in [0.1, 0.15) is 5.69 Å². The molecule has 4 heteroatoms. The molecule has 1 atom stereocenters. The molecule has 86 valence electrons. The average Bonchev–Trinajstić information content (AvgIpc) is 2.78. The lowest BCUT2D eigenvalue weighted by molar-refractivity contribution is 0.0938. The highest BCUT2D eigenvalue weighted by atomic mass is 16.1. The summed E-state index contributed by atoms with van der Waals surface area (Å²) in [6.45, 7) is 3.09. The van der Waals surface area contributed by atoms with Crippen LogP contribution in [0.4, 0.5) is 0 Å². The van der Waals surface area contributed by atoms with Crippen molar-refractivity contribution >= 4 is 5.78 Å². The summed E-state index contributed by atoms with van der Waals surface area (Å²) in [5, 5.41) is 0. The summed E-state index contributed by atoms with van der Waals surface area (Å²) in [6, 6.07) is 5.42. The van der Waals surface area contributed by atoms with E-state index in [9.17, 15) is 4.79 Å². The van der Waals surface area contributed by atoms with Crippen molar-refractivity contribution in [2.75, 3.05) is 26.2 Å². The Morgan fingerprint density at radius 2 is 2.44 bits per heavy atom. The number of hydrogen-bond acceptors (Lipinski definition) is 4. The molecular weight excluding hydrogens is 202 g/mol. The van der Waals surface area contributed by atoms with E-state index in [4.69, 9.17) is 5.73 Å². The molecule has 1 aromatic heterocycles. The monoisotopic (exact) mass is 219 g/mol. The van der Waals surface area contributed by atoms with Crippen molar-refractivity contribution < 1.29 is 4.79 Å². The summed E-state index contributed by atoms with van der Waals surface area (Å²) in [6.07, 6.45) is 2.76. The Morgan fingerprint density at radius 3 is 3.06 bits per heavy atom. The Morgan fingerprint density at radius 1 is 1.56 bits per heavy atom. The first kappa shape index (κ1) is 11.2. The quantitative estimate of drug-likeness (QED) is 0.751. The fraction of sp³-hybridized carbons (Fsp3) is 0.500. The fourth-order valence-corrected chi connectivity index (χ4v) is 2.06. The molecule has 1 aliphatic rings. The standard InChI is InChI=1S/C12H17N3O/c13-7-10-4-6-15(8-10)9-12(16)11-3-1-2-5-14-11/h1-3,5,10H,4,6-9,13H2/t10-/m0/s1. The van der Waals surface area contributed by atoms with Gasteiger partial charge in [0, 0.05) is 12.7 Å². The zero-order valence-electron chi connectivity index (χ0n) is 9.30. The van der Waals surface area contributed by atoms with E-state index in [0.717, 1.165) is 19.5 Å². The van der Waals surface area contributed by atoms with Gasteiger partial charge in [-0.15, -0.1) is 0 Å². The average molecular weight is 219 g/mol. The highest BCUT2D eigenvalue weighted by Gasteiger charge is 2.23. The zero-order chi connectivity index (χ0) is 11.4. The van der Waals surface area contributed by atoms with Crippen LogP contribution in [0.3, 0.4) is 0 Å². The van der Waals surface area contributed by atoms with Gasteiger partial charge in [-0.2, -0.15) is 0 Å². The van der Waals surface area contributed by atoms with E-state index in [1.807, 2.05) is 12.1 Å². The lowest BCUT2D eigenvalue weighted by Crippen LogP contribution is -2.29. The third kappa shape index (κ3) is 2.65. The topological polar surface area (TPSA) is 59.2 Å². The van der Waals surface area contributed by atoms with Crippen molar-refractivity contribution in [3.8, 4) is 0 Å². The van der Waals surface area contributed by atoms with Crippen LogP contribution in [0.1, 0.15) is 16.9 Å². The van der Waals surface area contributed by atoms with Gasteiger partial charge >= 0.3 is 0 Å². The molecule has 0 amide bonds. The summed E-state index contributed by atoms with van der Waals surface area (Å²) in [7, 11) is 0. The molecule has 1 fully saturated rings. The highest BCUT2D eigenvalue weighted by Crippen LogP contribution is 2.14. The molecule has 0 bridgehead atoms. The first-order chi connectivity index (χ1) is 7.79. The Labute approximate surface area is 95.5 Å². The fourth-order valence-electron chi connectivity index (χ4n) is 2.06. The Hall–Kier alpha value is -1.26. The third-order valence-corrected chi connectivity index (χ3v) is 3.02. The summed E-state index contributed by atoms with van der Waals surface area (Å²) in [5.41, 5.74) is 6.17. The van der Waals surface area contributed by atoms with Crippen LogP contribution >= 0.6 is 0 Å².